The van der Waals surface area contributed by atoms with Crippen molar-refractivity contribution in [2.45, 2.75) is 13.2 Å². The molecule has 3 aromatic carbocycles. The average molecular weight is 487 g/mol. The number of carbonyl (C=O) groups is 2. The highest BCUT2D eigenvalue weighted by atomic mass is 35.5. The zero-order valence-corrected chi connectivity index (χ0v) is 19.6. The Hall–Kier alpha value is -4.16. The number of nitrogens with zero attached hydrogens (tertiary/aromatic N) is 1. The number of hydrogen-bond acceptors (Lipinski definition) is 5. The van der Waals surface area contributed by atoms with Gasteiger partial charge in [0.1, 0.15) is 18.1 Å². The number of carbonyl (C=O) groups excluding carboxylic acids is 2. The minimum atomic E-state index is -0.248. The predicted octanol–water partition coefficient (Wildman–Crippen LogP) is 5.24. The molecule has 1 N–H and O–H groups in total. The lowest BCUT2D eigenvalue weighted by atomic mass is 10.0. The summed E-state index contributed by atoms with van der Waals surface area (Å²) < 4.78 is 11.3. The minimum absolute atomic E-state index is 0.112. The van der Waals surface area contributed by atoms with Crippen LogP contribution in [-0.2, 0) is 17.9 Å². The van der Waals surface area contributed by atoms with Gasteiger partial charge in [-0.15, -0.1) is 0 Å². The number of benzene rings is 3. The molecule has 0 aliphatic carbocycles. The highest BCUT2D eigenvalue weighted by molar-refractivity contribution is 6.30. The molecule has 1 aromatic heterocycles. The fraction of sp³-hybridized carbons (Fsp3) is 0.107. The molecular formula is C28H23ClN2O4. The van der Waals surface area contributed by atoms with Crippen LogP contribution in [0.4, 0.5) is 0 Å². The van der Waals surface area contributed by atoms with Gasteiger partial charge in [0, 0.05) is 28.9 Å². The maximum atomic E-state index is 12.5. The van der Waals surface area contributed by atoms with Crippen molar-refractivity contribution < 1.29 is 19.1 Å². The molecule has 0 bridgehead atoms. The molecule has 35 heavy (non-hydrogen) atoms. The van der Waals surface area contributed by atoms with Crippen LogP contribution in [0.1, 0.15) is 27.2 Å². The van der Waals surface area contributed by atoms with E-state index in [2.05, 4.69) is 10.3 Å². The second kappa shape index (κ2) is 11.8. The lowest BCUT2D eigenvalue weighted by Gasteiger charge is -2.09. The average Bonchev–Trinajstić information content (AvgIpc) is 2.91. The molecule has 4 aromatic rings. The van der Waals surface area contributed by atoms with Crippen LogP contribution in [-0.4, -0.2) is 23.3 Å². The minimum Gasteiger partial charge on any atom is -0.487 e. The quantitative estimate of drug-likeness (QED) is 0.310. The molecule has 0 spiro atoms. The van der Waals surface area contributed by atoms with E-state index in [1.54, 1.807) is 54.7 Å². The fourth-order valence-electron chi connectivity index (χ4n) is 3.22. The number of pyridine rings is 1. The van der Waals surface area contributed by atoms with Crippen molar-refractivity contribution in [1.29, 1.82) is 0 Å². The summed E-state index contributed by atoms with van der Waals surface area (Å²) in [4.78, 5) is 28.9. The number of ether oxygens (including phenoxy) is 2. The molecule has 0 saturated heterocycles. The van der Waals surface area contributed by atoms with Crippen molar-refractivity contribution in [2.75, 3.05) is 6.61 Å². The summed E-state index contributed by atoms with van der Waals surface area (Å²) in [6.45, 7) is 0.636. The van der Waals surface area contributed by atoms with E-state index >= 15 is 0 Å². The third-order valence-corrected chi connectivity index (χ3v) is 5.37. The second-order valence-corrected chi connectivity index (χ2v) is 8.12. The molecule has 0 aliphatic rings. The van der Waals surface area contributed by atoms with E-state index in [0.29, 0.717) is 35.1 Å². The van der Waals surface area contributed by atoms with Crippen molar-refractivity contribution in [3.05, 3.63) is 125 Å². The van der Waals surface area contributed by atoms with Gasteiger partial charge in [-0.3, -0.25) is 14.6 Å². The Morgan fingerprint density at radius 3 is 2.06 bits per heavy atom. The van der Waals surface area contributed by atoms with E-state index in [4.69, 9.17) is 21.1 Å². The number of halogens is 1. The van der Waals surface area contributed by atoms with Gasteiger partial charge in [0.2, 0.25) is 0 Å². The van der Waals surface area contributed by atoms with Crippen LogP contribution in [0.5, 0.6) is 11.5 Å². The lowest BCUT2D eigenvalue weighted by Crippen LogP contribution is -2.28. The maximum Gasteiger partial charge on any atom is 0.258 e. The summed E-state index contributed by atoms with van der Waals surface area (Å²) >= 11 is 5.87. The van der Waals surface area contributed by atoms with Gasteiger partial charge in [-0.1, -0.05) is 29.8 Å². The molecule has 0 aliphatic heterocycles. The second-order valence-electron chi connectivity index (χ2n) is 7.68. The summed E-state index contributed by atoms with van der Waals surface area (Å²) in [6, 6.07) is 26.6. The van der Waals surface area contributed by atoms with Gasteiger partial charge in [0.05, 0.1) is 5.69 Å². The van der Waals surface area contributed by atoms with Crippen molar-refractivity contribution in [2.24, 2.45) is 0 Å². The maximum absolute atomic E-state index is 12.5. The van der Waals surface area contributed by atoms with Gasteiger partial charge in [-0.05, 0) is 78.4 Å². The highest BCUT2D eigenvalue weighted by Gasteiger charge is 2.10. The fourth-order valence-corrected chi connectivity index (χ4v) is 3.34. The summed E-state index contributed by atoms with van der Waals surface area (Å²) in [5.74, 6) is 0.871. The van der Waals surface area contributed by atoms with E-state index in [1.807, 2.05) is 42.5 Å². The monoisotopic (exact) mass is 486 g/mol. The number of nitrogens with one attached hydrogen (secondary N) is 1. The Morgan fingerprint density at radius 1 is 0.771 bits per heavy atom. The number of aromatic nitrogens is 1. The van der Waals surface area contributed by atoms with E-state index in [1.165, 1.54) is 0 Å². The Balaban J connectivity index is 1.20. The summed E-state index contributed by atoms with van der Waals surface area (Å²) in [5, 5.41) is 3.40. The SMILES string of the molecule is O=C(COc1ccc(C(=O)c2ccc(Cl)cc2)cc1)NCc1ccc(OCc2ccccn2)cc1. The first-order chi connectivity index (χ1) is 17.1. The van der Waals surface area contributed by atoms with Gasteiger partial charge < -0.3 is 14.8 Å². The molecule has 0 atom stereocenters. The van der Waals surface area contributed by atoms with Gasteiger partial charge in [0.15, 0.2) is 12.4 Å². The van der Waals surface area contributed by atoms with Crippen LogP contribution < -0.4 is 14.8 Å². The first-order valence-electron chi connectivity index (χ1n) is 11.0. The Morgan fingerprint density at radius 2 is 1.40 bits per heavy atom. The number of ketones is 1. The first kappa shape index (κ1) is 24.0. The largest absolute Gasteiger partial charge is 0.487 e. The molecule has 1 amide bonds. The summed E-state index contributed by atoms with van der Waals surface area (Å²) in [6.07, 6.45) is 1.73. The van der Waals surface area contributed by atoms with E-state index in [9.17, 15) is 9.59 Å². The van der Waals surface area contributed by atoms with Crippen LogP contribution in [0.2, 0.25) is 5.02 Å². The zero-order valence-electron chi connectivity index (χ0n) is 18.8. The zero-order chi connectivity index (χ0) is 24.5. The predicted molar refractivity (Wildman–Crippen MR) is 134 cm³/mol. The normalized spacial score (nSPS) is 10.4. The molecule has 0 unspecified atom stereocenters. The van der Waals surface area contributed by atoms with Crippen LogP contribution >= 0.6 is 11.6 Å². The van der Waals surface area contributed by atoms with Gasteiger partial charge in [0.25, 0.3) is 5.91 Å². The summed E-state index contributed by atoms with van der Waals surface area (Å²) in [5.41, 5.74) is 2.87. The smallest absolute Gasteiger partial charge is 0.258 e. The molecule has 0 fully saturated rings. The molecule has 0 radical (unpaired) electrons. The Bertz CT molecular complexity index is 1260. The number of hydrogen-bond donors (Lipinski definition) is 1. The van der Waals surface area contributed by atoms with Gasteiger partial charge in [-0.25, -0.2) is 0 Å². The topological polar surface area (TPSA) is 77.5 Å². The molecule has 176 valence electrons. The van der Waals surface area contributed by atoms with Crippen molar-refractivity contribution in [3.63, 3.8) is 0 Å². The standard InChI is InChI=1S/C28H23ClN2O4/c29-23-10-6-21(7-11-23)28(33)22-8-14-26(15-9-22)35-19-27(32)31-17-20-4-12-25(13-5-20)34-18-24-3-1-2-16-30-24/h1-16H,17-19H2,(H,31,32). The van der Waals surface area contributed by atoms with Crippen molar-refractivity contribution >= 4 is 23.3 Å². The summed E-state index contributed by atoms with van der Waals surface area (Å²) in [7, 11) is 0. The molecule has 1 heterocycles. The molecule has 7 heteroatoms. The van der Waals surface area contributed by atoms with Crippen LogP contribution in [0.3, 0.4) is 0 Å². The van der Waals surface area contributed by atoms with Gasteiger partial charge in [-0.2, -0.15) is 0 Å². The third-order valence-electron chi connectivity index (χ3n) is 5.12. The highest BCUT2D eigenvalue weighted by Crippen LogP contribution is 2.17. The van der Waals surface area contributed by atoms with E-state index < -0.39 is 0 Å². The molecular weight excluding hydrogens is 464 g/mol. The van der Waals surface area contributed by atoms with Crippen LogP contribution in [0.15, 0.2) is 97.2 Å². The molecule has 6 nitrogen and oxygen atoms in total. The van der Waals surface area contributed by atoms with Crippen LogP contribution in [0.25, 0.3) is 0 Å². The van der Waals surface area contributed by atoms with E-state index in [0.717, 1.165) is 17.0 Å². The molecule has 4 rings (SSSR count). The van der Waals surface area contributed by atoms with E-state index in [-0.39, 0.29) is 18.3 Å². The third kappa shape index (κ3) is 7.16. The van der Waals surface area contributed by atoms with Crippen LogP contribution in [0, 0.1) is 0 Å². The van der Waals surface area contributed by atoms with Crippen molar-refractivity contribution in [3.8, 4) is 11.5 Å². The van der Waals surface area contributed by atoms with Gasteiger partial charge >= 0.3 is 0 Å². The molecule has 0 saturated carbocycles. The first-order valence-corrected chi connectivity index (χ1v) is 11.4. The lowest BCUT2D eigenvalue weighted by molar-refractivity contribution is -0.123. The van der Waals surface area contributed by atoms with Crippen molar-refractivity contribution in [1.82, 2.24) is 10.3 Å². The Kier molecular flexibility index (Phi) is 8.09. The number of rotatable bonds is 10. The number of amides is 1. The Labute approximate surface area is 208 Å².